The molecule has 0 N–H and O–H groups in total. The van der Waals surface area contributed by atoms with Crippen LogP contribution in [0.1, 0.15) is 58.8 Å². The second kappa shape index (κ2) is 12.7. The number of ether oxygens (including phenoxy) is 1. The molecule has 0 rings (SSSR count). The first-order valence-corrected chi connectivity index (χ1v) is 5.82. The van der Waals surface area contributed by atoms with E-state index in [-0.39, 0.29) is 28.7 Å². The van der Waals surface area contributed by atoms with Gasteiger partial charge in [0.25, 0.3) is 0 Å². The van der Waals surface area contributed by atoms with E-state index in [0.29, 0.717) is 6.61 Å². The number of hydrogen-bond donors (Lipinski definition) is 0. The molecule has 0 saturated carbocycles. The van der Waals surface area contributed by atoms with Crippen LogP contribution >= 0.6 is 0 Å². The SMILES string of the molecule is CCCCCCCCOC(=O)CC(C)=O.[Ni]. The quantitative estimate of drug-likeness (QED) is 0.281. The third-order valence-corrected chi connectivity index (χ3v) is 2.15. The number of unbranched alkanes of at least 4 members (excludes halogenated alkanes) is 5. The predicted octanol–water partition coefficient (Wildman–Crippen LogP) is 2.87. The first-order valence-electron chi connectivity index (χ1n) is 5.82. The summed E-state index contributed by atoms with van der Waals surface area (Å²) in [6.45, 7) is 4.04. The smallest absolute Gasteiger partial charge is 0.313 e. The zero-order chi connectivity index (χ0) is 11.5. The average molecular weight is 273 g/mol. The van der Waals surface area contributed by atoms with Crippen LogP contribution in [0.5, 0.6) is 0 Å². The molecule has 0 aromatic heterocycles. The van der Waals surface area contributed by atoms with Crippen molar-refractivity contribution < 1.29 is 30.8 Å². The Labute approximate surface area is 108 Å². The molecule has 0 bridgehead atoms. The second-order valence-electron chi connectivity index (χ2n) is 3.87. The van der Waals surface area contributed by atoms with Gasteiger partial charge in [-0.05, 0) is 13.3 Å². The maximum Gasteiger partial charge on any atom is 0.313 e. The van der Waals surface area contributed by atoms with E-state index in [2.05, 4.69) is 6.92 Å². The second-order valence-corrected chi connectivity index (χ2v) is 3.87. The molecule has 0 unspecified atom stereocenters. The minimum atomic E-state index is -0.393. The molecule has 0 saturated heterocycles. The van der Waals surface area contributed by atoms with Gasteiger partial charge in [-0.3, -0.25) is 9.59 Å². The van der Waals surface area contributed by atoms with Gasteiger partial charge in [-0.2, -0.15) is 0 Å². The molecule has 0 aromatic carbocycles. The Bertz CT molecular complexity index is 193. The van der Waals surface area contributed by atoms with E-state index < -0.39 is 5.97 Å². The number of carbonyl (C=O) groups is 2. The molecule has 0 aliphatic heterocycles. The minimum absolute atomic E-state index is 0. The molecular weight excluding hydrogens is 251 g/mol. The summed E-state index contributed by atoms with van der Waals surface area (Å²) in [5.74, 6) is -0.529. The maximum absolute atomic E-state index is 10.9. The Morgan fingerprint density at radius 3 is 2.12 bits per heavy atom. The fourth-order valence-electron chi connectivity index (χ4n) is 1.32. The summed E-state index contributed by atoms with van der Waals surface area (Å²) in [7, 11) is 0. The molecule has 0 fully saturated rings. The summed E-state index contributed by atoms with van der Waals surface area (Å²) in [4.78, 5) is 21.5. The van der Waals surface area contributed by atoms with Crippen molar-refractivity contribution in [2.24, 2.45) is 0 Å². The largest absolute Gasteiger partial charge is 0.465 e. The molecule has 4 heteroatoms. The van der Waals surface area contributed by atoms with Gasteiger partial charge in [0.15, 0.2) is 0 Å². The Morgan fingerprint density at radius 2 is 1.56 bits per heavy atom. The summed E-state index contributed by atoms with van der Waals surface area (Å²) in [6, 6.07) is 0. The van der Waals surface area contributed by atoms with E-state index in [1.807, 2.05) is 0 Å². The maximum atomic E-state index is 10.9. The fourth-order valence-corrected chi connectivity index (χ4v) is 1.32. The molecule has 3 nitrogen and oxygen atoms in total. The van der Waals surface area contributed by atoms with Crippen LogP contribution < -0.4 is 0 Å². The van der Waals surface area contributed by atoms with Gasteiger partial charge in [-0.1, -0.05) is 39.0 Å². The Hall–Kier alpha value is -0.366. The fraction of sp³-hybridized carbons (Fsp3) is 0.833. The zero-order valence-corrected chi connectivity index (χ0v) is 11.2. The van der Waals surface area contributed by atoms with Crippen LogP contribution in [-0.4, -0.2) is 18.4 Å². The third kappa shape index (κ3) is 13.6. The van der Waals surface area contributed by atoms with Crippen molar-refractivity contribution in [3.63, 3.8) is 0 Å². The van der Waals surface area contributed by atoms with Crippen molar-refractivity contribution in [3.05, 3.63) is 0 Å². The van der Waals surface area contributed by atoms with E-state index in [9.17, 15) is 9.59 Å². The predicted molar refractivity (Wildman–Crippen MR) is 59.6 cm³/mol. The zero-order valence-electron chi connectivity index (χ0n) is 10.2. The van der Waals surface area contributed by atoms with Gasteiger partial charge in [0.1, 0.15) is 12.2 Å². The van der Waals surface area contributed by atoms with Gasteiger partial charge >= 0.3 is 5.97 Å². The van der Waals surface area contributed by atoms with Crippen LogP contribution in [0.3, 0.4) is 0 Å². The van der Waals surface area contributed by atoms with Crippen LogP contribution in [0, 0.1) is 0 Å². The van der Waals surface area contributed by atoms with Crippen molar-refractivity contribution in [2.75, 3.05) is 6.61 Å². The molecule has 0 aliphatic rings. The van der Waals surface area contributed by atoms with Crippen molar-refractivity contribution in [3.8, 4) is 0 Å². The standard InChI is InChI=1S/C12H22O3.Ni/c1-3-4-5-6-7-8-9-15-12(14)10-11(2)13;/h3-10H2,1-2H3;. The molecular formula is C12H22NiO3. The van der Waals surface area contributed by atoms with Crippen LogP contribution in [0.15, 0.2) is 0 Å². The molecule has 0 aliphatic carbocycles. The van der Waals surface area contributed by atoms with E-state index in [1.54, 1.807) is 0 Å². The van der Waals surface area contributed by atoms with Crippen molar-refractivity contribution in [1.82, 2.24) is 0 Å². The summed E-state index contributed by atoms with van der Waals surface area (Å²) >= 11 is 0. The Kier molecular flexibility index (Phi) is 14.3. The van der Waals surface area contributed by atoms with E-state index >= 15 is 0 Å². The number of rotatable bonds is 9. The van der Waals surface area contributed by atoms with Gasteiger partial charge in [0, 0.05) is 16.5 Å². The van der Waals surface area contributed by atoms with Crippen molar-refractivity contribution >= 4 is 11.8 Å². The topological polar surface area (TPSA) is 43.4 Å². The molecule has 98 valence electrons. The first kappa shape index (κ1) is 18.0. The van der Waals surface area contributed by atoms with Gasteiger partial charge in [0.2, 0.25) is 0 Å². The summed E-state index contributed by atoms with van der Waals surface area (Å²) in [5.41, 5.74) is 0. The van der Waals surface area contributed by atoms with Crippen LogP contribution in [0.25, 0.3) is 0 Å². The van der Waals surface area contributed by atoms with Gasteiger partial charge in [0.05, 0.1) is 6.61 Å². The number of carbonyl (C=O) groups excluding carboxylic acids is 2. The van der Waals surface area contributed by atoms with Crippen LogP contribution in [0.4, 0.5) is 0 Å². The summed E-state index contributed by atoms with van der Waals surface area (Å²) < 4.78 is 4.90. The number of esters is 1. The van der Waals surface area contributed by atoms with Crippen LogP contribution in [-0.2, 0) is 30.8 Å². The minimum Gasteiger partial charge on any atom is -0.465 e. The van der Waals surface area contributed by atoms with Gasteiger partial charge < -0.3 is 4.74 Å². The Morgan fingerprint density at radius 1 is 1.00 bits per heavy atom. The van der Waals surface area contributed by atoms with E-state index in [0.717, 1.165) is 12.8 Å². The van der Waals surface area contributed by atoms with Crippen molar-refractivity contribution in [1.29, 1.82) is 0 Å². The normalized spacial score (nSPS) is 9.38. The monoisotopic (exact) mass is 272 g/mol. The van der Waals surface area contributed by atoms with Crippen LogP contribution in [0.2, 0.25) is 0 Å². The van der Waals surface area contributed by atoms with E-state index in [1.165, 1.54) is 32.6 Å². The first-order chi connectivity index (χ1) is 7.16. The molecule has 0 spiro atoms. The molecule has 16 heavy (non-hydrogen) atoms. The van der Waals surface area contributed by atoms with Gasteiger partial charge in [-0.25, -0.2) is 0 Å². The summed E-state index contributed by atoms with van der Waals surface area (Å²) in [6.07, 6.45) is 6.92. The molecule has 0 radical (unpaired) electrons. The molecule has 0 aromatic rings. The number of ketones is 1. The summed E-state index contributed by atoms with van der Waals surface area (Å²) in [5, 5.41) is 0. The number of hydrogen-bond acceptors (Lipinski definition) is 3. The number of Topliss-reactive ketones (excluding diaryl/α,β-unsaturated/α-hetero) is 1. The van der Waals surface area contributed by atoms with Gasteiger partial charge in [-0.15, -0.1) is 0 Å². The molecule has 0 amide bonds. The molecule has 0 heterocycles. The average Bonchev–Trinajstić information content (AvgIpc) is 2.15. The molecule has 0 atom stereocenters. The van der Waals surface area contributed by atoms with E-state index in [4.69, 9.17) is 4.74 Å². The Balaban J connectivity index is 0. The van der Waals surface area contributed by atoms with Crippen molar-refractivity contribution in [2.45, 2.75) is 58.8 Å². The third-order valence-electron chi connectivity index (χ3n) is 2.15.